The molecule has 25 heavy (non-hydrogen) atoms. The number of amides is 1. The zero-order chi connectivity index (χ0) is 18.4. The Morgan fingerprint density at radius 1 is 1.24 bits per heavy atom. The van der Waals surface area contributed by atoms with Gasteiger partial charge in [0.15, 0.2) is 0 Å². The molecule has 136 valence electrons. The highest BCUT2D eigenvalue weighted by molar-refractivity contribution is 6.30. The molecule has 1 heterocycles. The van der Waals surface area contributed by atoms with Gasteiger partial charge in [-0.15, -0.1) is 0 Å². The second kappa shape index (κ2) is 9.07. The SMILES string of the molecule is COCC(=O)N(Cc1cccn1Cc1cccc(Cl)c1)C(C)C(C)C. The number of carbonyl (C=O) groups excluding carboxylic acids is 1. The number of rotatable bonds is 8. The predicted octanol–water partition coefficient (Wildman–Crippen LogP) is 4.21. The Labute approximate surface area is 155 Å². The molecule has 0 radical (unpaired) electrons. The van der Waals surface area contributed by atoms with Crippen molar-refractivity contribution in [2.24, 2.45) is 5.92 Å². The van der Waals surface area contributed by atoms with Crippen molar-refractivity contribution in [3.8, 4) is 0 Å². The van der Waals surface area contributed by atoms with E-state index in [1.807, 2.05) is 35.4 Å². The van der Waals surface area contributed by atoms with Crippen molar-refractivity contribution in [1.29, 1.82) is 0 Å². The van der Waals surface area contributed by atoms with E-state index in [-0.39, 0.29) is 18.6 Å². The van der Waals surface area contributed by atoms with Crippen molar-refractivity contribution >= 4 is 17.5 Å². The number of carbonyl (C=O) groups is 1. The minimum atomic E-state index is 0.0132. The van der Waals surface area contributed by atoms with Crippen LogP contribution in [0.2, 0.25) is 5.02 Å². The summed E-state index contributed by atoms with van der Waals surface area (Å²) in [7, 11) is 1.55. The van der Waals surface area contributed by atoms with Crippen LogP contribution in [0, 0.1) is 5.92 Å². The van der Waals surface area contributed by atoms with E-state index in [1.54, 1.807) is 7.11 Å². The number of aromatic nitrogens is 1. The summed E-state index contributed by atoms with van der Waals surface area (Å²) in [5.74, 6) is 0.386. The molecule has 1 unspecified atom stereocenters. The van der Waals surface area contributed by atoms with Gasteiger partial charge in [-0.3, -0.25) is 4.79 Å². The van der Waals surface area contributed by atoms with Crippen LogP contribution in [-0.4, -0.2) is 35.1 Å². The topological polar surface area (TPSA) is 34.5 Å². The third-order valence-corrected chi connectivity index (χ3v) is 4.78. The van der Waals surface area contributed by atoms with Gasteiger partial charge < -0.3 is 14.2 Å². The van der Waals surface area contributed by atoms with Crippen LogP contribution < -0.4 is 0 Å². The normalized spacial score (nSPS) is 12.4. The van der Waals surface area contributed by atoms with Crippen molar-refractivity contribution in [3.63, 3.8) is 0 Å². The number of hydrogen-bond donors (Lipinski definition) is 0. The standard InChI is InChI=1S/C20H27ClN2O2/c1-15(2)16(3)23(20(24)14-25-4)13-19-9-6-10-22(19)12-17-7-5-8-18(21)11-17/h5-11,15-16H,12-14H2,1-4H3. The molecule has 0 N–H and O–H groups in total. The van der Waals surface area contributed by atoms with Crippen molar-refractivity contribution in [1.82, 2.24) is 9.47 Å². The van der Waals surface area contributed by atoms with Gasteiger partial charge in [0.05, 0.1) is 6.54 Å². The maximum atomic E-state index is 12.5. The summed E-state index contributed by atoms with van der Waals surface area (Å²) in [6.07, 6.45) is 2.04. The van der Waals surface area contributed by atoms with Crippen molar-refractivity contribution in [3.05, 3.63) is 58.9 Å². The lowest BCUT2D eigenvalue weighted by molar-refractivity contribution is -0.138. The minimum Gasteiger partial charge on any atom is -0.375 e. The Hall–Kier alpha value is -1.78. The first kappa shape index (κ1) is 19.5. The fourth-order valence-electron chi connectivity index (χ4n) is 2.78. The van der Waals surface area contributed by atoms with Gasteiger partial charge >= 0.3 is 0 Å². The maximum absolute atomic E-state index is 12.5. The molecule has 0 aliphatic heterocycles. The highest BCUT2D eigenvalue weighted by Crippen LogP contribution is 2.18. The lowest BCUT2D eigenvalue weighted by Crippen LogP contribution is -2.43. The quantitative estimate of drug-likeness (QED) is 0.705. The monoisotopic (exact) mass is 362 g/mol. The van der Waals surface area contributed by atoms with E-state index >= 15 is 0 Å². The van der Waals surface area contributed by atoms with Crippen LogP contribution in [0.4, 0.5) is 0 Å². The first-order chi connectivity index (χ1) is 11.9. The lowest BCUT2D eigenvalue weighted by Gasteiger charge is -2.32. The van der Waals surface area contributed by atoms with Crippen LogP contribution in [0.25, 0.3) is 0 Å². The Bertz CT molecular complexity index is 697. The van der Waals surface area contributed by atoms with E-state index in [4.69, 9.17) is 16.3 Å². The minimum absolute atomic E-state index is 0.0132. The molecule has 0 bridgehead atoms. The third kappa shape index (κ3) is 5.35. The van der Waals surface area contributed by atoms with Crippen LogP contribution in [0.5, 0.6) is 0 Å². The van der Waals surface area contributed by atoms with E-state index in [0.717, 1.165) is 22.8 Å². The average molecular weight is 363 g/mol. The Morgan fingerprint density at radius 3 is 2.64 bits per heavy atom. The highest BCUT2D eigenvalue weighted by Gasteiger charge is 2.23. The van der Waals surface area contributed by atoms with Crippen molar-refractivity contribution < 1.29 is 9.53 Å². The molecule has 5 heteroatoms. The van der Waals surface area contributed by atoms with Gasteiger partial charge in [-0.2, -0.15) is 0 Å². The summed E-state index contributed by atoms with van der Waals surface area (Å²) in [6, 6.07) is 12.1. The van der Waals surface area contributed by atoms with Crippen LogP contribution in [0.1, 0.15) is 32.0 Å². The van der Waals surface area contributed by atoms with E-state index in [2.05, 4.69) is 37.5 Å². The molecule has 0 aliphatic carbocycles. The molecule has 1 atom stereocenters. The van der Waals surface area contributed by atoms with E-state index in [9.17, 15) is 4.79 Å². The molecule has 0 aliphatic rings. The maximum Gasteiger partial charge on any atom is 0.249 e. The summed E-state index contributed by atoms with van der Waals surface area (Å²) in [5, 5.41) is 0.733. The molecule has 2 rings (SSSR count). The molecule has 2 aromatic rings. The first-order valence-electron chi connectivity index (χ1n) is 8.59. The summed E-state index contributed by atoms with van der Waals surface area (Å²) in [5.41, 5.74) is 2.23. The number of hydrogen-bond acceptors (Lipinski definition) is 2. The van der Waals surface area contributed by atoms with Crippen molar-refractivity contribution in [2.45, 2.75) is 39.9 Å². The molecular formula is C20H27ClN2O2. The van der Waals surface area contributed by atoms with Crippen LogP contribution >= 0.6 is 11.6 Å². The van der Waals surface area contributed by atoms with Gasteiger partial charge in [-0.25, -0.2) is 0 Å². The van der Waals surface area contributed by atoms with Gasteiger partial charge in [0.25, 0.3) is 0 Å². The molecular weight excluding hydrogens is 336 g/mol. The van der Waals surface area contributed by atoms with E-state index in [1.165, 1.54) is 0 Å². The molecule has 4 nitrogen and oxygen atoms in total. The second-order valence-corrected chi connectivity index (χ2v) is 7.13. The number of benzene rings is 1. The number of methoxy groups -OCH3 is 1. The second-order valence-electron chi connectivity index (χ2n) is 6.70. The molecule has 0 saturated carbocycles. The number of halogens is 1. The van der Waals surface area contributed by atoms with E-state index < -0.39 is 0 Å². The van der Waals surface area contributed by atoms with Gasteiger partial charge in [0.2, 0.25) is 5.91 Å². The van der Waals surface area contributed by atoms with E-state index in [0.29, 0.717) is 12.5 Å². The molecule has 1 aromatic carbocycles. The van der Waals surface area contributed by atoms with Crippen LogP contribution in [-0.2, 0) is 22.6 Å². The fourth-order valence-corrected chi connectivity index (χ4v) is 2.99. The number of ether oxygens (including phenoxy) is 1. The zero-order valence-electron chi connectivity index (χ0n) is 15.4. The Morgan fingerprint density at radius 2 is 2.00 bits per heavy atom. The summed E-state index contributed by atoms with van der Waals surface area (Å²) in [6.45, 7) is 7.74. The van der Waals surface area contributed by atoms with Gasteiger partial charge in [-0.1, -0.05) is 37.6 Å². The van der Waals surface area contributed by atoms with Gasteiger partial charge in [0, 0.05) is 36.6 Å². The molecule has 1 aromatic heterocycles. The molecule has 0 spiro atoms. The van der Waals surface area contributed by atoms with Gasteiger partial charge in [0.1, 0.15) is 6.61 Å². The van der Waals surface area contributed by atoms with Gasteiger partial charge in [-0.05, 0) is 42.7 Å². The average Bonchev–Trinajstić information content (AvgIpc) is 2.99. The molecule has 0 fully saturated rings. The number of nitrogens with zero attached hydrogens (tertiary/aromatic N) is 2. The smallest absolute Gasteiger partial charge is 0.249 e. The fraction of sp³-hybridized carbons (Fsp3) is 0.450. The van der Waals surface area contributed by atoms with Crippen molar-refractivity contribution in [2.75, 3.05) is 13.7 Å². The Balaban J connectivity index is 2.19. The summed E-state index contributed by atoms with van der Waals surface area (Å²) >= 11 is 6.09. The molecule has 1 amide bonds. The van der Waals surface area contributed by atoms with Crippen LogP contribution in [0.3, 0.4) is 0 Å². The molecule has 0 saturated heterocycles. The zero-order valence-corrected chi connectivity index (χ0v) is 16.2. The largest absolute Gasteiger partial charge is 0.375 e. The predicted molar refractivity (Wildman–Crippen MR) is 102 cm³/mol. The first-order valence-corrected chi connectivity index (χ1v) is 8.97. The third-order valence-electron chi connectivity index (χ3n) is 4.54. The summed E-state index contributed by atoms with van der Waals surface area (Å²) in [4.78, 5) is 14.4. The highest BCUT2D eigenvalue weighted by atomic mass is 35.5. The van der Waals surface area contributed by atoms with Crippen LogP contribution in [0.15, 0.2) is 42.6 Å². The lowest BCUT2D eigenvalue weighted by atomic mass is 10.0. The Kier molecular flexibility index (Phi) is 7.09. The summed E-state index contributed by atoms with van der Waals surface area (Å²) < 4.78 is 7.22.